The number of esters is 2. The molecule has 0 spiro atoms. The van der Waals surface area contributed by atoms with E-state index in [0.717, 1.165) is 0 Å². The second-order valence-corrected chi connectivity index (χ2v) is 11.5. The molecule has 0 amide bonds. The van der Waals surface area contributed by atoms with Crippen LogP contribution in [-0.2, 0) is 23.9 Å². The second kappa shape index (κ2) is 9.45. The molecule has 0 heterocycles. The average molecular weight is 493 g/mol. The van der Waals surface area contributed by atoms with Gasteiger partial charge in [-0.15, -0.1) is 0 Å². The lowest BCUT2D eigenvalue weighted by Crippen LogP contribution is -2.66. The van der Waals surface area contributed by atoms with Gasteiger partial charge in [0.2, 0.25) is 0 Å². The van der Waals surface area contributed by atoms with Gasteiger partial charge in [-0.1, -0.05) is 27.4 Å². The van der Waals surface area contributed by atoms with Crippen LogP contribution in [0.1, 0.15) is 67.7 Å². The lowest BCUT2D eigenvalue weighted by Gasteiger charge is -2.61. The van der Waals surface area contributed by atoms with Gasteiger partial charge in [0, 0.05) is 31.6 Å². The standard InChI is InChI=1S/C27H40O8/c1-12(28)9-17-10-19(31)13(2)21-23(33)18-11-20(32)14(3)22(26(18,6)7)24(34-15(4)29)25(27(17,21)8)35-16(5)30/h17-21,23-25,31-33H,2,9-11H2,1,3-8H3/t17-,18+,19-,20-,21-,23+,24+,25-,27+/m0/s1. The number of hydrogen-bond donors (Lipinski definition) is 3. The number of aliphatic hydroxyl groups excluding tert-OH is 3. The zero-order valence-corrected chi connectivity index (χ0v) is 21.8. The van der Waals surface area contributed by atoms with Gasteiger partial charge in [0.25, 0.3) is 0 Å². The number of carbonyl (C=O) groups excluding carboxylic acids is 3. The Hall–Kier alpha value is -2.03. The Labute approximate surface area is 207 Å². The predicted molar refractivity (Wildman–Crippen MR) is 128 cm³/mol. The zero-order valence-electron chi connectivity index (χ0n) is 21.8. The van der Waals surface area contributed by atoms with Gasteiger partial charge in [-0.3, -0.25) is 9.59 Å². The Kier molecular flexibility index (Phi) is 7.44. The van der Waals surface area contributed by atoms with Crippen molar-refractivity contribution in [1.82, 2.24) is 0 Å². The van der Waals surface area contributed by atoms with Crippen LogP contribution < -0.4 is 0 Å². The van der Waals surface area contributed by atoms with Crippen LogP contribution in [0, 0.1) is 28.6 Å². The summed E-state index contributed by atoms with van der Waals surface area (Å²) in [5, 5.41) is 33.9. The maximum absolute atomic E-state index is 12.5. The summed E-state index contributed by atoms with van der Waals surface area (Å²) < 4.78 is 11.8. The molecular formula is C27H40O8. The van der Waals surface area contributed by atoms with Crippen LogP contribution in [0.25, 0.3) is 0 Å². The van der Waals surface area contributed by atoms with E-state index in [4.69, 9.17) is 9.47 Å². The summed E-state index contributed by atoms with van der Waals surface area (Å²) in [7, 11) is 0. The van der Waals surface area contributed by atoms with E-state index < -0.39 is 71.0 Å². The summed E-state index contributed by atoms with van der Waals surface area (Å²) in [6.07, 6.45) is -4.53. The number of fused-ring (bicyclic) bond motifs is 3. The van der Waals surface area contributed by atoms with Gasteiger partial charge >= 0.3 is 11.9 Å². The molecule has 9 atom stereocenters. The Morgan fingerprint density at radius 3 is 2.06 bits per heavy atom. The molecule has 3 rings (SSSR count). The lowest BCUT2D eigenvalue weighted by molar-refractivity contribution is -0.207. The van der Waals surface area contributed by atoms with E-state index in [1.165, 1.54) is 20.8 Å². The van der Waals surface area contributed by atoms with Crippen molar-refractivity contribution >= 4 is 17.7 Å². The molecule has 0 aromatic heterocycles. The zero-order chi connectivity index (χ0) is 26.6. The van der Waals surface area contributed by atoms with Gasteiger partial charge in [-0.2, -0.15) is 0 Å². The molecule has 196 valence electrons. The van der Waals surface area contributed by atoms with Crippen LogP contribution in [0.2, 0.25) is 0 Å². The smallest absolute Gasteiger partial charge is 0.303 e. The summed E-state index contributed by atoms with van der Waals surface area (Å²) in [6, 6.07) is 0. The largest absolute Gasteiger partial charge is 0.458 e. The molecule has 2 fully saturated rings. The Bertz CT molecular complexity index is 949. The number of carbonyl (C=O) groups is 3. The molecule has 0 unspecified atom stereocenters. The van der Waals surface area contributed by atoms with Crippen LogP contribution in [0.4, 0.5) is 0 Å². The van der Waals surface area contributed by atoms with Crippen molar-refractivity contribution in [2.24, 2.45) is 28.6 Å². The number of Topliss-reactive ketones (excluding diaryl/α,β-unsaturated/α-hetero) is 1. The Balaban J connectivity index is 2.42. The maximum Gasteiger partial charge on any atom is 0.303 e. The Morgan fingerprint density at radius 1 is 0.971 bits per heavy atom. The van der Waals surface area contributed by atoms with Crippen LogP contribution in [0.5, 0.6) is 0 Å². The summed E-state index contributed by atoms with van der Waals surface area (Å²) >= 11 is 0. The highest BCUT2D eigenvalue weighted by Crippen LogP contribution is 2.62. The first-order valence-electron chi connectivity index (χ1n) is 12.3. The van der Waals surface area contributed by atoms with Crippen molar-refractivity contribution in [3.63, 3.8) is 0 Å². The van der Waals surface area contributed by atoms with Crippen LogP contribution in [0.15, 0.2) is 23.3 Å². The van der Waals surface area contributed by atoms with Crippen molar-refractivity contribution in [2.45, 2.75) is 98.2 Å². The quantitative estimate of drug-likeness (QED) is 0.403. The first kappa shape index (κ1) is 27.6. The highest BCUT2D eigenvalue weighted by atomic mass is 16.6. The van der Waals surface area contributed by atoms with Gasteiger partial charge in [-0.05, 0) is 60.7 Å². The van der Waals surface area contributed by atoms with Crippen molar-refractivity contribution in [3.8, 4) is 0 Å². The van der Waals surface area contributed by atoms with Crippen molar-refractivity contribution < 1.29 is 39.2 Å². The molecular weight excluding hydrogens is 452 g/mol. The predicted octanol–water partition coefficient (Wildman–Crippen LogP) is 2.49. The fourth-order valence-electron chi connectivity index (χ4n) is 7.32. The average Bonchev–Trinajstić information content (AvgIpc) is 2.70. The molecule has 0 saturated heterocycles. The second-order valence-electron chi connectivity index (χ2n) is 11.5. The minimum atomic E-state index is -1.10. The van der Waals surface area contributed by atoms with E-state index in [1.54, 1.807) is 6.92 Å². The van der Waals surface area contributed by atoms with Crippen molar-refractivity contribution in [1.29, 1.82) is 0 Å². The normalized spacial score (nSPS) is 40.8. The topological polar surface area (TPSA) is 130 Å². The molecule has 3 N–H and O–H groups in total. The SMILES string of the molecule is C=C1[C@@H](O)C[C@H](CC(C)=O)[C@@]2(C)[C@@H](OC(C)=O)[C@H](OC(C)=O)C3=C(C)[C@@H](O)C[C@H]([C@@H](O)[C@H]12)C3(C)C. The van der Waals surface area contributed by atoms with E-state index in [9.17, 15) is 29.7 Å². The third kappa shape index (κ3) is 4.49. The van der Waals surface area contributed by atoms with Gasteiger partial charge in [0.1, 0.15) is 11.9 Å². The summed E-state index contributed by atoms with van der Waals surface area (Å²) in [5.41, 5.74) is -0.239. The number of ether oxygens (including phenoxy) is 2. The first-order chi connectivity index (χ1) is 16.0. The van der Waals surface area contributed by atoms with E-state index >= 15 is 0 Å². The summed E-state index contributed by atoms with van der Waals surface area (Å²) in [4.78, 5) is 37.2. The fraction of sp³-hybridized carbons (Fsp3) is 0.741. The van der Waals surface area contributed by atoms with Gasteiger partial charge in [0.05, 0.1) is 18.3 Å². The van der Waals surface area contributed by atoms with Gasteiger partial charge in [0.15, 0.2) is 6.10 Å². The fourth-order valence-corrected chi connectivity index (χ4v) is 7.32. The van der Waals surface area contributed by atoms with Crippen LogP contribution in [0.3, 0.4) is 0 Å². The van der Waals surface area contributed by atoms with E-state index in [-0.39, 0.29) is 25.0 Å². The molecule has 2 saturated carbocycles. The molecule has 0 radical (unpaired) electrons. The lowest BCUT2D eigenvalue weighted by atomic mass is 9.46. The molecule has 8 heteroatoms. The monoisotopic (exact) mass is 492 g/mol. The third-order valence-electron chi connectivity index (χ3n) is 8.95. The van der Waals surface area contributed by atoms with Crippen LogP contribution in [-0.4, -0.2) is 63.6 Å². The molecule has 0 aromatic carbocycles. The molecule has 3 aliphatic rings. The molecule has 2 bridgehead atoms. The number of hydrogen-bond acceptors (Lipinski definition) is 8. The minimum Gasteiger partial charge on any atom is -0.458 e. The number of rotatable bonds is 4. The third-order valence-corrected chi connectivity index (χ3v) is 8.95. The Morgan fingerprint density at radius 2 is 1.54 bits per heavy atom. The van der Waals surface area contributed by atoms with E-state index in [2.05, 4.69) is 6.58 Å². The summed E-state index contributed by atoms with van der Waals surface area (Å²) in [5.74, 6) is -3.05. The maximum atomic E-state index is 12.5. The van der Waals surface area contributed by atoms with Crippen molar-refractivity contribution in [3.05, 3.63) is 23.3 Å². The number of ketones is 1. The molecule has 3 aliphatic carbocycles. The molecule has 0 aliphatic heterocycles. The van der Waals surface area contributed by atoms with E-state index in [1.807, 2.05) is 20.8 Å². The van der Waals surface area contributed by atoms with Crippen LogP contribution >= 0.6 is 0 Å². The van der Waals surface area contributed by atoms with Gasteiger partial charge in [-0.25, -0.2) is 0 Å². The minimum absolute atomic E-state index is 0.0866. The highest BCUT2D eigenvalue weighted by Gasteiger charge is 2.65. The summed E-state index contributed by atoms with van der Waals surface area (Å²) in [6.45, 7) is 15.6. The first-order valence-corrected chi connectivity index (χ1v) is 12.3. The van der Waals surface area contributed by atoms with Gasteiger partial charge < -0.3 is 29.6 Å². The van der Waals surface area contributed by atoms with Crippen molar-refractivity contribution in [2.75, 3.05) is 0 Å². The number of aliphatic hydroxyl groups is 3. The molecule has 35 heavy (non-hydrogen) atoms. The van der Waals surface area contributed by atoms with E-state index in [0.29, 0.717) is 16.7 Å². The highest BCUT2D eigenvalue weighted by molar-refractivity contribution is 5.76. The molecule has 0 aromatic rings. The molecule has 8 nitrogen and oxygen atoms in total.